The van der Waals surface area contributed by atoms with E-state index in [0.29, 0.717) is 0 Å². The lowest BCUT2D eigenvalue weighted by atomic mass is 10.2. The van der Waals surface area contributed by atoms with Gasteiger partial charge in [0.15, 0.2) is 0 Å². The number of allylic oxidation sites excluding steroid dienone is 1. The summed E-state index contributed by atoms with van der Waals surface area (Å²) >= 11 is 0. The van der Waals surface area contributed by atoms with Crippen molar-refractivity contribution in [1.82, 2.24) is 0 Å². The molecule has 138 valence electrons. The Balaban J connectivity index is 0.000000240. The normalized spacial score (nSPS) is 20.2. The Morgan fingerprint density at radius 1 is 0.833 bits per heavy atom. The van der Waals surface area contributed by atoms with Gasteiger partial charge in [-0.05, 0) is 31.4 Å². The molecular formula is C22H42Si2. The summed E-state index contributed by atoms with van der Waals surface area (Å²) in [4.78, 5) is 0. The predicted octanol–water partition coefficient (Wildman–Crippen LogP) is 7.74. The van der Waals surface area contributed by atoms with Crippen molar-refractivity contribution in [3.05, 3.63) is 11.8 Å². The average molecular weight is 363 g/mol. The smallest absolute Gasteiger partial charge is 0.131 e. The van der Waals surface area contributed by atoms with Crippen LogP contribution in [0.15, 0.2) is 11.8 Å². The summed E-state index contributed by atoms with van der Waals surface area (Å²) < 4.78 is 0. The maximum absolute atomic E-state index is 3.54. The molecule has 0 aromatic carbocycles. The summed E-state index contributed by atoms with van der Waals surface area (Å²) in [5, 5.41) is 0. The molecule has 2 heterocycles. The molecule has 0 bridgehead atoms. The summed E-state index contributed by atoms with van der Waals surface area (Å²) in [6.45, 7) is 9.47. The van der Waals surface area contributed by atoms with Gasteiger partial charge in [-0.25, -0.2) is 0 Å². The van der Waals surface area contributed by atoms with Crippen LogP contribution in [0.2, 0.25) is 37.3 Å². The van der Waals surface area contributed by atoms with Crippen LogP contribution in [0.4, 0.5) is 0 Å². The van der Waals surface area contributed by atoms with Crippen molar-refractivity contribution in [3.63, 3.8) is 0 Å². The molecule has 0 amide bonds. The fourth-order valence-electron chi connectivity index (χ4n) is 3.35. The van der Waals surface area contributed by atoms with Crippen molar-refractivity contribution < 1.29 is 0 Å². The lowest BCUT2D eigenvalue weighted by Gasteiger charge is -2.32. The van der Waals surface area contributed by atoms with Crippen LogP contribution in [0.3, 0.4) is 0 Å². The fraction of sp³-hybridized carbons (Fsp3) is 0.818. The highest BCUT2D eigenvalue weighted by Crippen LogP contribution is 2.33. The molecular weight excluding hydrogens is 320 g/mol. The van der Waals surface area contributed by atoms with E-state index in [1.54, 1.807) is 12.1 Å². The van der Waals surface area contributed by atoms with Crippen LogP contribution in [0.25, 0.3) is 0 Å². The zero-order chi connectivity index (χ0) is 17.7. The van der Waals surface area contributed by atoms with Crippen molar-refractivity contribution in [1.29, 1.82) is 0 Å². The monoisotopic (exact) mass is 362 g/mol. The topological polar surface area (TPSA) is 0 Å². The quantitative estimate of drug-likeness (QED) is 0.235. The van der Waals surface area contributed by atoms with Crippen molar-refractivity contribution >= 4 is 16.1 Å². The van der Waals surface area contributed by atoms with Crippen molar-refractivity contribution in [3.8, 4) is 11.5 Å². The SMILES string of the molecule is CCCCC/C=C\[Si]1(C)CCC1.CCCCCC#C[Si]1(C)CCC1. The van der Waals surface area contributed by atoms with Crippen LogP contribution in [0.5, 0.6) is 0 Å². The molecule has 0 aromatic rings. The minimum atomic E-state index is -0.918. The van der Waals surface area contributed by atoms with Crippen LogP contribution in [-0.2, 0) is 0 Å². The molecule has 2 aliphatic rings. The van der Waals surface area contributed by atoms with Crippen LogP contribution < -0.4 is 0 Å². The maximum Gasteiger partial charge on any atom is 0.135 e. The van der Waals surface area contributed by atoms with Crippen molar-refractivity contribution in [2.75, 3.05) is 0 Å². The van der Waals surface area contributed by atoms with Gasteiger partial charge in [-0.3, -0.25) is 0 Å². The molecule has 2 fully saturated rings. The van der Waals surface area contributed by atoms with Gasteiger partial charge >= 0.3 is 0 Å². The first-order chi connectivity index (χ1) is 11.5. The Labute approximate surface area is 154 Å². The lowest BCUT2D eigenvalue weighted by molar-refractivity contribution is 0.729. The molecule has 2 aliphatic heterocycles. The number of rotatable bonds is 8. The highest BCUT2D eigenvalue weighted by atomic mass is 28.3. The van der Waals surface area contributed by atoms with Gasteiger partial charge < -0.3 is 0 Å². The minimum absolute atomic E-state index is 0.737. The Kier molecular flexibility index (Phi) is 11.0. The molecule has 2 heteroatoms. The molecule has 0 unspecified atom stereocenters. The first kappa shape index (κ1) is 21.8. The number of hydrogen-bond acceptors (Lipinski definition) is 0. The molecule has 2 saturated heterocycles. The van der Waals surface area contributed by atoms with Crippen molar-refractivity contribution in [2.45, 2.75) is 115 Å². The van der Waals surface area contributed by atoms with Gasteiger partial charge in [0.25, 0.3) is 0 Å². The molecule has 2 rings (SSSR count). The van der Waals surface area contributed by atoms with E-state index < -0.39 is 16.1 Å². The Hall–Kier alpha value is -0.266. The van der Waals surface area contributed by atoms with Crippen molar-refractivity contribution in [2.24, 2.45) is 0 Å². The summed E-state index contributed by atoms with van der Waals surface area (Å²) in [7, 11) is -1.66. The van der Waals surface area contributed by atoms with Crippen LogP contribution in [-0.4, -0.2) is 16.1 Å². The third kappa shape index (κ3) is 9.28. The fourth-order valence-corrected chi connectivity index (χ4v) is 8.11. The first-order valence-electron chi connectivity index (χ1n) is 10.7. The molecule has 24 heavy (non-hydrogen) atoms. The molecule has 0 saturated carbocycles. The standard InChI is InChI=1S/C11H22Si.C11H20Si/c2*1-3-4-5-6-7-9-12(2)10-8-11-12/h7,9H,3-6,8,10-11H2,1-2H3;3-6,8,10-11H2,1-2H3/b9-7-;. The summed E-state index contributed by atoms with van der Waals surface area (Å²) in [6.07, 6.45) is 16.0. The van der Waals surface area contributed by atoms with E-state index in [1.165, 1.54) is 69.9 Å². The zero-order valence-electron chi connectivity index (χ0n) is 17.1. The third-order valence-corrected chi connectivity index (χ3v) is 13.5. The molecule has 0 radical (unpaired) electrons. The van der Waals surface area contributed by atoms with E-state index in [-0.39, 0.29) is 0 Å². The van der Waals surface area contributed by atoms with Gasteiger partial charge in [0.2, 0.25) is 0 Å². The van der Waals surface area contributed by atoms with Crippen LogP contribution in [0.1, 0.15) is 78.1 Å². The van der Waals surface area contributed by atoms with Gasteiger partial charge in [-0.1, -0.05) is 89.3 Å². The number of unbranched alkanes of at least 4 members (excludes halogenated alkanes) is 6. The van der Waals surface area contributed by atoms with Gasteiger partial charge in [0.1, 0.15) is 8.07 Å². The predicted molar refractivity (Wildman–Crippen MR) is 117 cm³/mol. The van der Waals surface area contributed by atoms with E-state index in [4.69, 9.17) is 0 Å². The Bertz CT molecular complexity index is 405. The molecule has 0 nitrogen and oxygen atoms in total. The van der Waals surface area contributed by atoms with E-state index in [1.807, 2.05) is 0 Å². The maximum atomic E-state index is 3.54. The summed E-state index contributed by atoms with van der Waals surface area (Å²) in [5.74, 6) is 3.37. The molecule has 0 atom stereocenters. The third-order valence-electron chi connectivity index (χ3n) is 5.74. The Morgan fingerprint density at radius 2 is 1.46 bits per heavy atom. The minimum Gasteiger partial charge on any atom is -0.131 e. The van der Waals surface area contributed by atoms with Gasteiger partial charge in [-0.2, -0.15) is 0 Å². The van der Waals surface area contributed by atoms with E-state index >= 15 is 0 Å². The van der Waals surface area contributed by atoms with Gasteiger partial charge in [0, 0.05) is 6.42 Å². The van der Waals surface area contributed by atoms with Gasteiger partial charge in [-0.15, -0.1) is 11.5 Å². The molecule has 0 aromatic heterocycles. The highest BCUT2D eigenvalue weighted by molar-refractivity contribution is 6.88. The highest BCUT2D eigenvalue weighted by Gasteiger charge is 2.32. The summed E-state index contributed by atoms with van der Waals surface area (Å²) in [5.41, 5.74) is 6.13. The van der Waals surface area contributed by atoms with E-state index in [2.05, 4.69) is 50.2 Å². The largest absolute Gasteiger partial charge is 0.135 e. The zero-order valence-corrected chi connectivity index (χ0v) is 19.1. The summed E-state index contributed by atoms with van der Waals surface area (Å²) in [6, 6.07) is 6.04. The van der Waals surface area contributed by atoms with Crippen LogP contribution >= 0.6 is 0 Å². The average Bonchev–Trinajstić information content (AvgIpc) is 2.52. The molecule has 0 aliphatic carbocycles. The molecule has 0 spiro atoms. The first-order valence-corrected chi connectivity index (χ1v) is 16.6. The Morgan fingerprint density at radius 3 is 1.96 bits per heavy atom. The lowest BCUT2D eigenvalue weighted by Crippen LogP contribution is -2.36. The van der Waals surface area contributed by atoms with E-state index in [0.717, 1.165) is 6.42 Å². The second-order valence-corrected chi connectivity index (χ2v) is 17.6. The van der Waals surface area contributed by atoms with Crippen LogP contribution in [0, 0.1) is 11.5 Å². The van der Waals surface area contributed by atoms with E-state index in [9.17, 15) is 0 Å². The number of hydrogen-bond donors (Lipinski definition) is 0. The second kappa shape index (κ2) is 12.1. The second-order valence-electron chi connectivity index (χ2n) is 8.58. The molecule has 0 N–H and O–H groups in total. The van der Waals surface area contributed by atoms with Gasteiger partial charge in [0.05, 0.1) is 8.07 Å².